The summed E-state index contributed by atoms with van der Waals surface area (Å²) in [5, 5.41) is 32.9. The minimum Gasteiger partial charge on any atom is -0.394 e. The molecule has 5 heteroatoms. The van der Waals surface area contributed by atoms with Crippen LogP contribution in [0.1, 0.15) is 181 Å². The fourth-order valence-electron chi connectivity index (χ4n) is 5.34. The lowest BCUT2D eigenvalue weighted by Gasteiger charge is -2.21. The predicted octanol–water partition coefficient (Wildman–Crippen LogP) is 9.48. The van der Waals surface area contributed by atoms with Crippen LogP contribution in [0.4, 0.5) is 0 Å². The number of unbranched alkanes of at least 4 members (excludes halogenated alkanes) is 22. The second-order valence-electron chi connectivity index (χ2n) is 12.4. The maximum atomic E-state index is 12.3. The average molecular weight is 594 g/mol. The maximum Gasteiger partial charge on any atom is 0.249 e. The molecule has 0 aromatic rings. The summed E-state index contributed by atoms with van der Waals surface area (Å²) in [5.41, 5.74) is 0. The van der Waals surface area contributed by atoms with E-state index >= 15 is 0 Å². The molecule has 42 heavy (non-hydrogen) atoms. The molecule has 0 aliphatic heterocycles. The van der Waals surface area contributed by atoms with Crippen LogP contribution in [0.5, 0.6) is 0 Å². The Kier molecular flexibility index (Phi) is 31.8. The molecule has 248 valence electrons. The molecule has 0 bridgehead atoms. The fraction of sp³-hybridized carbons (Fsp3) is 0.865. The lowest BCUT2D eigenvalue weighted by atomic mass is 10.0. The molecule has 0 heterocycles. The largest absolute Gasteiger partial charge is 0.394 e. The molecule has 0 aromatic carbocycles. The predicted molar refractivity (Wildman–Crippen MR) is 181 cm³/mol. The van der Waals surface area contributed by atoms with E-state index in [0.29, 0.717) is 6.42 Å². The van der Waals surface area contributed by atoms with Gasteiger partial charge in [-0.25, -0.2) is 0 Å². The van der Waals surface area contributed by atoms with Crippen molar-refractivity contribution in [3.63, 3.8) is 0 Å². The average Bonchev–Trinajstić information content (AvgIpc) is 2.99. The van der Waals surface area contributed by atoms with Crippen molar-refractivity contribution in [1.29, 1.82) is 0 Å². The van der Waals surface area contributed by atoms with Gasteiger partial charge in [-0.2, -0.15) is 0 Å². The van der Waals surface area contributed by atoms with E-state index in [4.69, 9.17) is 0 Å². The summed E-state index contributed by atoms with van der Waals surface area (Å²) in [6.45, 7) is 4.11. The highest BCUT2D eigenvalue weighted by atomic mass is 16.3. The van der Waals surface area contributed by atoms with E-state index in [2.05, 4.69) is 31.3 Å². The van der Waals surface area contributed by atoms with Gasteiger partial charge in [-0.15, -0.1) is 0 Å². The monoisotopic (exact) mass is 594 g/mol. The Morgan fingerprint density at radius 2 is 0.976 bits per heavy atom. The summed E-state index contributed by atoms with van der Waals surface area (Å²) in [7, 11) is 0. The Morgan fingerprint density at radius 1 is 0.571 bits per heavy atom. The van der Waals surface area contributed by atoms with Gasteiger partial charge in [-0.3, -0.25) is 4.79 Å². The van der Waals surface area contributed by atoms with Gasteiger partial charge in [0.2, 0.25) is 5.91 Å². The molecule has 0 radical (unpaired) electrons. The Labute approximate surface area is 261 Å². The molecule has 4 N–H and O–H groups in total. The van der Waals surface area contributed by atoms with Crippen LogP contribution in [0, 0.1) is 0 Å². The molecule has 0 spiro atoms. The molecular weight excluding hydrogens is 522 g/mol. The van der Waals surface area contributed by atoms with E-state index in [9.17, 15) is 20.1 Å². The molecule has 0 saturated carbocycles. The van der Waals surface area contributed by atoms with Crippen molar-refractivity contribution in [3.05, 3.63) is 24.3 Å². The summed E-state index contributed by atoms with van der Waals surface area (Å²) in [4.78, 5) is 12.3. The number of allylic oxidation sites excluding steroid dienone is 3. The lowest BCUT2D eigenvalue weighted by Crippen LogP contribution is -2.48. The van der Waals surface area contributed by atoms with Gasteiger partial charge in [0.15, 0.2) is 0 Å². The third-order valence-corrected chi connectivity index (χ3v) is 8.29. The molecule has 0 fully saturated rings. The molecule has 0 aliphatic rings. The van der Waals surface area contributed by atoms with Crippen LogP contribution in [0.2, 0.25) is 0 Å². The quantitative estimate of drug-likeness (QED) is 0.0462. The third-order valence-electron chi connectivity index (χ3n) is 8.29. The number of rotatable bonds is 32. The first kappa shape index (κ1) is 40.8. The van der Waals surface area contributed by atoms with Gasteiger partial charge in [0.25, 0.3) is 0 Å². The van der Waals surface area contributed by atoms with Crippen molar-refractivity contribution < 1.29 is 20.1 Å². The number of amides is 1. The van der Waals surface area contributed by atoms with Crippen LogP contribution >= 0.6 is 0 Å². The van der Waals surface area contributed by atoms with Gasteiger partial charge < -0.3 is 20.6 Å². The third kappa shape index (κ3) is 27.7. The topological polar surface area (TPSA) is 89.8 Å². The van der Waals surface area contributed by atoms with Crippen LogP contribution in [0.15, 0.2) is 24.3 Å². The summed E-state index contributed by atoms with van der Waals surface area (Å²) >= 11 is 0. The second-order valence-corrected chi connectivity index (χ2v) is 12.4. The van der Waals surface area contributed by atoms with Gasteiger partial charge in [-0.1, -0.05) is 167 Å². The van der Waals surface area contributed by atoms with E-state index in [1.54, 1.807) is 6.08 Å². The zero-order valence-electron chi connectivity index (χ0n) is 27.9. The lowest BCUT2D eigenvalue weighted by molar-refractivity contribution is -0.131. The summed E-state index contributed by atoms with van der Waals surface area (Å²) in [6, 6.07) is -0.798. The summed E-state index contributed by atoms with van der Waals surface area (Å²) in [5.74, 6) is -0.516. The molecule has 5 nitrogen and oxygen atoms in total. The van der Waals surface area contributed by atoms with Crippen LogP contribution < -0.4 is 5.32 Å². The van der Waals surface area contributed by atoms with Gasteiger partial charge in [0.1, 0.15) is 6.10 Å². The molecule has 3 atom stereocenters. The van der Waals surface area contributed by atoms with Crippen molar-refractivity contribution in [3.8, 4) is 0 Å². The summed E-state index contributed by atoms with van der Waals surface area (Å²) in [6.07, 6.45) is 37.7. The number of aliphatic hydroxyl groups excluding tert-OH is 3. The molecule has 0 saturated heterocycles. The minimum atomic E-state index is -1.10. The minimum absolute atomic E-state index is 0.366. The van der Waals surface area contributed by atoms with Crippen LogP contribution in [-0.2, 0) is 4.79 Å². The highest BCUT2D eigenvalue weighted by Gasteiger charge is 2.22. The molecular formula is C37H71NO4. The highest BCUT2D eigenvalue weighted by molar-refractivity contribution is 5.80. The van der Waals surface area contributed by atoms with Crippen LogP contribution in [0.3, 0.4) is 0 Å². The van der Waals surface area contributed by atoms with Crippen molar-refractivity contribution in [2.45, 2.75) is 199 Å². The van der Waals surface area contributed by atoms with E-state index in [0.717, 1.165) is 51.4 Å². The fourth-order valence-corrected chi connectivity index (χ4v) is 5.34. The summed E-state index contributed by atoms with van der Waals surface area (Å²) < 4.78 is 0. The zero-order chi connectivity index (χ0) is 30.9. The zero-order valence-corrected chi connectivity index (χ0v) is 27.9. The Bertz CT molecular complexity index is 621. The number of aliphatic hydroxyl groups is 3. The number of nitrogens with one attached hydrogen (secondary N) is 1. The van der Waals surface area contributed by atoms with Crippen molar-refractivity contribution in [1.82, 2.24) is 5.32 Å². The van der Waals surface area contributed by atoms with Gasteiger partial charge >= 0.3 is 0 Å². The molecule has 1 amide bonds. The number of carbonyl (C=O) groups is 1. The van der Waals surface area contributed by atoms with Crippen LogP contribution in [-0.4, -0.2) is 46.1 Å². The van der Waals surface area contributed by atoms with E-state index in [1.165, 1.54) is 109 Å². The standard InChI is InChI=1S/C37H71NO4/c1-3-5-7-9-11-13-15-16-17-18-19-20-21-22-24-25-27-29-31-35(40)34(33-39)38-37(42)36(41)32-30-28-26-23-14-12-10-8-6-4-2/h10,12,29,31,34-36,39-41H,3-9,11,13-28,30,32-33H2,1-2H3,(H,38,42)/b12-10-,31-29+. The normalized spacial score (nSPS) is 14.1. The molecule has 0 aliphatic carbocycles. The van der Waals surface area contributed by atoms with Crippen molar-refractivity contribution >= 4 is 5.91 Å². The van der Waals surface area contributed by atoms with E-state index < -0.39 is 24.2 Å². The molecule has 0 aromatic heterocycles. The Balaban J connectivity index is 3.73. The van der Waals surface area contributed by atoms with E-state index in [-0.39, 0.29) is 6.61 Å². The van der Waals surface area contributed by atoms with Crippen LogP contribution in [0.25, 0.3) is 0 Å². The number of carbonyl (C=O) groups excluding carboxylic acids is 1. The second kappa shape index (κ2) is 32.7. The first-order valence-corrected chi connectivity index (χ1v) is 18.2. The Morgan fingerprint density at radius 3 is 1.45 bits per heavy atom. The maximum absolute atomic E-state index is 12.3. The number of hydrogen-bond acceptors (Lipinski definition) is 4. The Hall–Kier alpha value is -1.17. The number of hydrogen-bond donors (Lipinski definition) is 4. The van der Waals surface area contributed by atoms with Gasteiger partial charge in [-0.05, 0) is 38.5 Å². The molecule has 3 unspecified atom stereocenters. The smallest absolute Gasteiger partial charge is 0.249 e. The SMILES string of the molecule is CCCC/C=C\CCCCCCC(O)C(=O)NC(CO)C(O)/C=C/CCCCCCCCCCCCCCCCCC. The highest BCUT2D eigenvalue weighted by Crippen LogP contribution is 2.14. The van der Waals surface area contributed by atoms with Crippen molar-refractivity contribution in [2.24, 2.45) is 0 Å². The first-order chi connectivity index (χ1) is 20.6. The molecule has 0 rings (SSSR count). The van der Waals surface area contributed by atoms with E-state index in [1.807, 2.05) is 6.08 Å². The van der Waals surface area contributed by atoms with Gasteiger partial charge in [0, 0.05) is 0 Å². The first-order valence-electron chi connectivity index (χ1n) is 18.2. The van der Waals surface area contributed by atoms with Gasteiger partial charge in [0.05, 0.1) is 18.8 Å². The van der Waals surface area contributed by atoms with Crippen molar-refractivity contribution in [2.75, 3.05) is 6.61 Å².